The number of rotatable bonds is 5. The van der Waals surface area contributed by atoms with Gasteiger partial charge in [-0.05, 0) is 26.0 Å². The Morgan fingerprint density at radius 1 is 1.35 bits per heavy atom. The van der Waals surface area contributed by atoms with E-state index in [1.807, 2.05) is 26.0 Å². The predicted molar refractivity (Wildman–Crippen MR) is 73.7 cm³/mol. The van der Waals surface area contributed by atoms with Gasteiger partial charge in [0.15, 0.2) is 0 Å². The Labute approximate surface area is 115 Å². The molecule has 0 aliphatic heterocycles. The van der Waals surface area contributed by atoms with Crippen molar-refractivity contribution in [3.63, 3.8) is 0 Å². The summed E-state index contributed by atoms with van der Waals surface area (Å²) in [5.74, 6) is 1.77. The fourth-order valence-corrected chi connectivity index (χ4v) is 1.80. The van der Waals surface area contributed by atoms with Crippen LogP contribution < -0.4 is 10.6 Å². The van der Waals surface area contributed by atoms with E-state index in [0.29, 0.717) is 5.76 Å². The number of aryl methyl sites for hydroxylation is 1. The summed E-state index contributed by atoms with van der Waals surface area (Å²) in [5.41, 5.74) is -0.190. The van der Waals surface area contributed by atoms with Crippen molar-refractivity contribution in [1.29, 1.82) is 0 Å². The molecule has 2 aromatic heterocycles. The lowest BCUT2D eigenvalue weighted by Crippen LogP contribution is -2.11. The highest BCUT2D eigenvalue weighted by atomic mass is 16.6. The third-order valence-electron chi connectivity index (χ3n) is 2.78. The smallest absolute Gasteiger partial charge is 0.353 e. The molecule has 106 valence electrons. The van der Waals surface area contributed by atoms with Gasteiger partial charge < -0.3 is 15.1 Å². The van der Waals surface area contributed by atoms with E-state index < -0.39 is 4.92 Å². The molecule has 0 amide bonds. The summed E-state index contributed by atoms with van der Waals surface area (Å²) in [5, 5.41) is 16.8. The first-order valence-electron chi connectivity index (χ1n) is 6.03. The number of nitrogens with zero attached hydrogens (tertiary/aromatic N) is 3. The summed E-state index contributed by atoms with van der Waals surface area (Å²) in [4.78, 5) is 18.4. The van der Waals surface area contributed by atoms with Crippen LogP contribution in [-0.2, 0) is 0 Å². The monoisotopic (exact) mass is 277 g/mol. The second-order valence-electron chi connectivity index (χ2n) is 4.24. The van der Waals surface area contributed by atoms with E-state index in [0.717, 1.165) is 5.76 Å². The van der Waals surface area contributed by atoms with Crippen molar-refractivity contribution in [2.45, 2.75) is 19.9 Å². The average Bonchev–Trinajstić information content (AvgIpc) is 2.84. The van der Waals surface area contributed by atoms with Gasteiger partial charge in [-0.25, -0.2) is 9.97 Å². The molecule has 20 heavy (non-hydrogen) atoms. The van der Waals surface area contributed by atoms with E-state index in [1.54, 1.807) is 7.05 Å². The van der Waals surface area contributed by atoms with Crippen molar-refractivity contribution in [2.75, 3.05) is 17.7 Å². The molecule has 0 saturated carbocycles. The molecule has 0 saturated heterocycles. The molecular formula is C12H15N5O3. The minimum Gasteiger partial charge on any atom is -0.464 e. The SMILES string of the molecule is CNc1ncnc(NC(C)c2ccc(C)o2)c1[N+](=O)[O-]. The van der Waals surface area contributed by atoms with Crippen molar-refractivity contribution in [3.8, 4) is 0 Å². The van der Waals surface area contributed by atoms with Crippen LogP contribution in [0.2, 0.25) is 0 Å². The minimum atomic E-state index is -0.520. The van der Waals surface area contributed by atoms with Crippen LogP contribution in [0.3, 0.4) is 0 Å². The summed E-state index contributed by atoms with van der Waals surface area (Å²) in [6.07, 6.45) is 1.27. The molecule has 2 rings (SSSR count). The third-order valence-corrected chi connectivity index (χ3v) is 2.78. The zero-order valence-corrected chi connectivity index (χ0v) is 11.4. The molecule has 2 heterocycles. The molecule has 0 aliphatic carbocycles. The topological polar surface area (TPSA) is 106 Å². The molecule has 2 aromatic rings. The van der Waals surface area contributed by atoms with E-state index >= 15 is 0 Å². The van der Waals surface area contributed by atoms with Gasteiger partial charge in [0.25, 0.3) is 0 Å². The summed E-state index contributed by atoms with van der Waals surface area (Å²) in [6.45, 7) is 3.67. The van der Waals surface area contributed by atoms with E-state index in [4.69, 9.17) is 4.42 Å². The second-order valence-corrected chi connectivity index (χ2v) is 4.24. The van der Waals surface area contributed by atoms with Crippen LogP contribution in [-0.4, -0.2) is 21.9 Å². The molecule has 2 N–H and O–H groups in total. The number of furan rings is 1. The van der Waals surface area contributed by atoms with Gasteiger partial charge in [-0.3, -0.25) is 10.1 Å². The normalized spacial score (nSPS) is 11.9. The number of nitro groups is 1. The maximum atomic E-state index is 11.1. The molecule has 1 atom stereocenters. The highest BCUT2D eigenvalue weighted by Gasteiger charge is 2.24. The molecular weight excluding hydrogens is 262 g/mol. The largest absolute Gasteiger partial charge is 0.464 e. The second kappa shape index (κ2) is 5.55. The Balaban J connectivity index is 2.31. The Morgan fingerprint density at radius 2 is 2.05 bits per heavy atom. The minimum absolute atomic E-state index is 0.149. The van der Waals surface area contributed by atoms with Crippen LogP contribution >= 0.6 is 0 Å². The molecule has 1 unspecified atom stereocenters. The van der Waals surface area contributed by atoms with Crippen molar-refractivity contribution < 1.29 is 9.34 Å². The first-order chi connectivity index (χ1) is 9.52. The lowest BCUT2D eigenvalue weighted by molar-refractivity contribution is -0.383. The standard InChI is InChI=1S/C12H15N5O3/c1-7-4-5-9(20-7)8(2)16-12-10(17(18)19)11(13-3)14-6-15-12/h4-6,8H,1-3H3,(H2,13,14,15,16). The highest BCUT2D eigenvalue weighted by molar-refractivity contribution is 5.69. The van der Waals surface area contributed by atoms with Crippen molar-refractivity contribution in [3.05, 3.63) is 40.1 Å². The Kier molecular flexibility index (Phi) is 3.83. The number of aromatic nitrogens is 2. The van der Waals surface area contributed by atoms with Gasteiger partial charge in [0, 0.05) is 7.05 Å². The van der Waals surface area contributed by atoms with Crippen LogP contribution in [0.4, 0.5) is 17.3 Å². The van der Waals surface area contributed by atoms with Crippen LogP contribution in [0.15, 0.2) is 22.9 Å². The van der Waals surface area contributed by atoms with E-state index in [-0.39, 0.29) is 23.4 Å². The summed E-state index contributed by atoms with van der Waals surface area (Å²) < 4.78 is 5.48. The van der Waals surface area contributed by atoms with Gasteiger partial charge in [-0.1, -0.05) is 0 Å². The van der Waals surface area contributed by atoms with E-state index in [9.17, 15) is 10.1 Å². The summed E-state index contributed by atoms with van der Waals surface area (Å²) in [7, 11) is 1.57. The van der Waals surface area contributed by atoms with E-state index in [1.165, 1.54) is 6.33 Å². The van der Waals surface area contributed by atoms with Gasteiger partial charge >= 0.3 is 5.69 Å². The average molecular weight is 277 g/mol. The number of nitrogens with one attached hydrogen (secondary N) is 2. The molecule has 0 aromatic carbocycles. The Bertz CT molecular complexity index is 625. The zero-order valence-electron chi connectivity index (χ0n) is 11.4. The molecule has 0 bridgehead atoms. The highest BCUT2D eigenvalue weighted by Crippen LogP contribution is 2.31. The molecule has 8 heteroatoms. The maximum Gasteiger partial charge on any atom is 0.353 e. The van der Waals surface area contributed by atoms with Crippen LogP contribution in [0.1, 0.15) is 24.5 Å². The fourth-order valence-electron chi connectivity index (χ4n) is 1.80. The molecule has 0 spiro atoms. The predicted octanol–water partition coefficient (Wildman–Crippen LogP) is 2.50. The van der Waals surface area contributed by atoms with Gasteiger partial charge in [0.2, 0.25) is 11.6 Å². The number of anilines is 2. The number of hydrogen-bond acceptors (Lipinski definition) is 7. The Morgan fingerprint density at radius 3 is 2.60 bits per heavy atom. The Hall–Kier alpha value is -2.64. The first-order valence-corrected chi connectivity index (χ1v) is 6.03. The quantitative estimate of drug-likeness (QED) is 0.638. The van der Waals surface area contributed by atoms with Crippen LogP contribution in [0.5, 0.6) is 0 Å². The lowest BCUT2D eigenvalue weighted by atomic mass is 10.2. The molecule has 8 nitrogen and oxygen atoms in total. The third kappa shape index (κ3) is 2.68. The van der Waals surface area contributed by atoms with Crippen LogP contribution in [0, 0.1) is 17.0 Å². The van der Waals surface area contributed by atoms with E-state index in [2.05, 4.69) is 20.6 Å². The van der Waals surface area contributed by atoms with Gasteiger partial charge in [0.1, 0.15) is 17.8 Å². The van der Waals surface area contributed by atoms with Crippen molar-refractivity contribution in [1.82, 2.24) is 9.97 Å². The fraction of sp³-hybridized carbons (Fsp3) is 0.333. The number of hydrogen-bond donors (Lipinski definition) is 2. The molecule has 0 fully saturated rings. The van der Waals surface area contributed by atoms with Gasteiger partial charge in [0.05, 0.1) is 11.0 Å². The maximum absolute atomic E-state index is 11.1. The summed E-state index contributed by atoms with van der Waals surface area (Å²) in [6, 6.07) is 3.40. The van der Waals surface area contributed by atoms with Crippen molar-refractivity contribution in [2.24, 2.45) is 0 Å². The van der Waals surface area contributed by atoms with Gasteiger partial charge in [-0.15, -0.1) is 0 Å². The molecule has 0 aliphatic rings. The van der Waals surface area contributed by atoms with Crippen LogP contribution in [0.25, 0.3) is 0 Å². The van der Waals surface area contributed by atoms with Gasteiger partial charge in [-0.2, -0.15) is 0 Å². The van der Waals surface area contributed by atoms with Crippen molar-refractivity contribution >= 4 is 17.3 Å². The summed E-state index contributed by atoms with van der Waals surface area (Å²) >= 11 is 0. The molecule has 0 radical (unpaired) electrons. The zero-order chi connectivity index (χ0) is 14.7. The first kappa shape index (κ1) is 13.8. The lowest BCUT2D eigenvalue weighted by Gasteiger charge is -2.13.